The molecule has 1 heterocycles. The van der Waals surface area contributed by atoms with Gasteiger partial charge in [-0.3, -0.25) is 0 Å². The minimum absolute atomic E-state index is 0.959. The van der Waals surface area contributed by atoms with E-state index >= 15 is 0 Å². The molecule has 0 fully saturated rings. The van der Waals surface area contributed by atoms with Crippen molar-refractivity contribution >= 4 is 18.8 Å². The maximum absolute atomic E-state index is 4.27. The maximum atomic E-state index is 4.27. The summed E-state index contributed by atoms with van der Waals surface area (Å²) in [5, 5.41) is 5.94. The first-order chi connectivity index (χ1) is 5.75. The van der Waals surface area contributed by atoms with Gasteiger partial charge in [-0.2, -0.15) is 5.10 Å². The minimum Gasteiger partial charge on any atom is -0.241 e. The summed E-state index contributed by atoms with van der Waals surface area (Å²) in [5.41, 5.74) is 1.01. The first kappa shape index (κ1) is 9.13. The molecule has 1 aliphatic heterocycles. The molecule has 0 aromatic rings. The molecule has 3 heteroatoms. The molecule has 0 radical (unpaired) electrons. The molecule has 64 valence electrons. The molecule has 2 nitrogen and oxygen atoms in total. The monoisotopic (exact) mass is 180 g/mol. The number of hydrogen-bond acceptors (Lipinski definition) is 3. The Kier molecular flexibility index (Phi) is 3.17. The van der Waals surface area contributed by atoms with Gasteiger partial charge in [0.05, 0.1) is 5.70 Å². The van der Waals surface area contributed by atoms with Crippen molar-refractivity contribution in [1.82, 2.24) is 5.01 Å². The Hall–Kier alpha value is -0.960. The lowest BCUT2D eigenvalue weighted by Gasteiger charge is -2.18. The highest BCUT2D eigenvalue weighted by molar-refractivity contribution is 7.84. The van der Waals surface area contributed by atoms with Gasteiger partial charge in [0, 0.05) is 17.3 Å². The van der Waals surface area contributed by atoms with Gasteiger partial charge in [-0.1, -0.05) is 6.08 Å². The first-order valence-electron chi connectivity index (χ1n) is 3.78. The van der Waals surface area contributed by atoms with Crippen LogP contribution in [0.25, 0.3) is 0 Å². The lowest BCUT2D eigenvalue weighted by molar-refractivity contribution is 0.510. The molecule has 1 aliphatic rings. The van der Waals surface area contributed by atoms with Gasteiger partial charge in [-0.25, -0.2) is 5.01 Å². The van der Waals surface area contributed by atoms with Gasteiger partial charge in [-0.05, 0) is 26.0 Å². The van der Waals surface area contributed by atoms with Crippen LogP contribution in [0.5, 0.6) is 0 Å². The summed E-state index contributed by atoms with van der Waals surface area (Å²) in [6.07, 6.45) is 9.54. The third-order valence-corrected chi connectivity index (χ3v) is 1.68. The smallest absolute Gasteiger partial charge is 0.0734 e. The Morgan fingerprint density at radius 2 is 2.33 bits per heavy atom. The third-order valence-electron chi connectivity index (χ3n) is 1.45. The molecule has 0 bridgehead atoms. The highest BCUT2D eigenvalue weighted by Crippen LogP contribution is 2.18. The second-order valence-electron chi connectivity index (χ2n) is 2.39. The summed E-state index contributed by atoms with van der Waals surface area (Å²) in [6.45, 7) is 3.83. The molecule has 0 aliphatic carbocycles. The van der Waals surface area contributed by atoms with E-state index in [0.29, 0.717) is 0 Å². The molecular weight excluding hydrogens is 168 g/mol. The van der Waals surface area contributed by atoms with E-state index in [4.69, 9.17) is 0 Å². The van der Waals surface area contributed by atoms with Crippen LogP contribution in [0, 0.1) is 0 Å². The van der Waals surface area contributed by atoms with Crippen molar-refractivity contribution in [3.05, 3.63) is 35.0 Å². The molecule has 0 amide bonds. The topological polar surface area (TPSA) is 15.6 Å². The zero-order chi connectivity index (χ0) is 8.97. The summed E-state index contributed by atoms with van der Waals surface area (Å²) >= 11 is 4.27. The summed E-state index contributed by atoms with van der Waals surface area (Å²) in [6, 6.07) is 0. The van der Waals surface area contributed by atoms with E-state index in [1.165, 1.54) is 0 Å². The predicted octanol–water partition coefficient (Wildman–Crippen LogP) is 2.54. The largest absolute Gasteiger partial charge is 0.241 e. The van der Waals surface area contributed by atoms with Crippen LogP contribution in [0.2, 0.25) is 0 Å². The fourth-order valence-electron chi connectivity index (χ4n) is 0.946. The molecule has 1 rings (SSSR count). The lowest BCUT2D eigenvalue weighted by atomic mass is 10.3. The normalized spacial score (nSPS) is 20.8. The summed E-state index contributed by atoms with van der Waals surface area (Å²) in [7, 11) is 0. The quantitative estimate of drug-likeness (QED) is 0.484. The Morgan fingerprint density at radius 1 is 1.58 bits per heavy atom. The summed E-state index contributed by atoms with van der Waals surface area (Å²) in [5.74, 6) is 0. The first-order valence-corrected chi connectivity index (χ1v) is 4.23. The molecule has 0 saturated heterocycles. The van der Waals surface area contributed by atoms with Crippen LogP contribution < -0.4 is 0 Å². The van der Waals surface area contributed by atoms with Crippen LogP contribution in [0.15, 0.2) is 40.1 Å². The number of allylic oxidation sites excluding steroid dienone is 4. The summed E-state index contributed by atoms with van der Waals surface area (Å²) < 4.78 is 0. The molecule has 0 aromatic heterocycles. The Labute approximate surface area is 78.4 Å². The molecule has 0 atom stereocenters. The van der Waals surface area contributed by atoms with Crippen molar-refractivity contribution in [3.63, 3.8) is 0 Å². The average molecular weight is 180 g/mol. The van der Waals surface area contributed by atoms with Crippen molar-refractivity contribution in [1.29, 1.82) is 0 Å². The van der Waals surface area contributed by atoms with E-state index in [-0.39, 0.29) is 0 Å². The molecule has 0 aromatic carbocycles. The fourth-order valence-corrected chi connectivity index (χ4v) is 1.12. The molecule has 0 spiro atoms. The molecule has 12 heavy (non-hydrogen) atoms. The highest BCUT2D eigenvalue weighted by Gasteiger charge is 2.05. The van der Waals surface area contributed by atoms with Gasteiger partial charge in [0.15, 0.2) is 0 Å². The Bertz CT molecular complexity index is 270. The van der Waals surface area contributed by atoms with Crippen molar-refractivity contribution in [2.75, 3.05) is 0 Å². The molecule has 0 N–H and O–H groups in total. The van der Waals surface area contributed by atoms with Gasteiger partial charge in [-0.15, -0.1) is 12.6 Å². The van der Waals surface area contributed by atoms with Gasteiger partial charge >= 0.3 is 0 Å². The standard InChI is InChI=1S/C9H12N2S/c1-3-10-11-7-5-4-6-9(11)8(2)12/h3-7,12H,1-2H3/b9-8+,10-3-. The number of thiol groups is 1. The van der Waals surface area contributed by atoms with Gasteiger partial charge in [0.1, 0.15) is 0 Å². The molecule has 0 saturated carbocycles. The van der Waals surface area contributed by atoms with Crippen LogP contribution in [-0.4, -0.2) is 11.2 Å². The number of nitrogens with zero attached hydrogens (tertiary/aromatic N) is 2. The second-order valence-corrected chi connectivity index (χ2v) is 3.06. The Morgan fingerprint density at radius 3 is 2.92 bits per heavy atom. The van der Waals surface area contributed by atoms with Gasteiger partial charge in [0.2, 0.25) is 0 Å². The van der Waals surface area contributed by atoms with Crippen LogP contribution in [0.4, 0.5) is 0 Å². The van der Waals surface area contributed by atoms with E-state index in [1.807, 2.05) is 38.3 Å². The lowest BCUT2D eigenvalue weighted by Crippen LogP contribution is -2.10. The van der Waals surface area contributed by atoms with Crippen LogP contribution in [0.1, 0.15) is 13.8 Å². The zero-order valence-electron chi connectivity index (χ0n) is 7.23. The predicted molar refractivity (Wildman–Crippen MR) is 56.0 cm³/mol. The van der Waals surface area contributed by atoms with E-state index in [2.05, 4.69) is 17.7 Å². The van der Waals surface area contributed by atoms with E-state index < -0.39 is 0 Å². The summed E-state index contributed by atoms with van der Waals surface area (Å²) in [4.78, 5) is 0.959. The third kappa shape index (κ3) is 2.01. The van der Waals surface area contributed by atoms with Crippen molar-refractivity contribution in [3.8, 4) is 0 Å². The fraction of sp³-hybridized carbons (Fsp3) is 0.222. The Balaban J connectivity index is 2.93. The van der Waals surface area contributed by atoms with E-state index in [1.54, 1.807) is 11.2 Å². The van der Waals surface area contributed by atoms with Crippen LogP contribution in [0.3, 0.4) is 0 Å². The number of hydrazone groups is 1. The van der Waals surface area contributed by atoms with Crippen LogP contribution >= 0.6 is 12.6 Å². The SMILES string of the molecule is C/C=N\N1C=CC=C/C1=C(/C)S. The van der Waals surface area contributed by atoms with Gasteiger partial charge in [0.25, 0.3) is 0 Å². The maximum Gasteiger partial charge on any atom is 0.0734 e. The van der Waals surface area contributed by atoms with Crippen molar-refractivity contribution < 1.29 is 0 Å². The van der Waals surface area contributed by atoms with Crippen molar-refractivity contribution in [2.45, 2.75) is 13.8 Å². The number of rotatable bonds is 1. The molecule has 0 unspecified atom stereocenters. The number of hydrogen-bond donors (Lipinski definition) is 1. The second kappa shape index (κ2) is 4.16. The minimum atomic E-state index is 0.959. The van der Waals surface area contributed by atoms with E-state index in [9.17, 15) is 0 Å². The van der Waals surface area contributed by atoms with Gasteiger partial charge < -0.3 is 0 Å². The average Bonchev–Trinajstić information content (AvgIpc) is 2.05. The zero-order valence-corrected chi connectivity index (χ0v) is 8.12. The highest BCUT2D eigenvalue weighted by atomic mass is 32.1. The van der Waals surface area contributed by atoms with E-state index in [0.717, 1.165) is 10.6 Å². The van der Waals surface area contributed by atoms with Crippen LogP contribution in [-0.2, 0) is 0 Å². The molecular formula is C9H12N2S. The van der Waals surface area contributed by atoms with Crippen molar-refractivity contribution in [2.24, 2.45) is 5.10 Å².